The van der Waals surface area contributed by atoms with Crippen molar-refractivity contribution < 1.29 is 14.3 Å². The number of hydrogen-bond acceptors (Lipinski definition) is 5. The molecule has 2 aliphatic heterocycles. The number of hydrogen-bond donors (Lipinski definition) is 2. The van der Waals surface area contributed by atoms with Crippen molar-refractivity contribution in [1.29, 1.82) is 0 Å². The summed E-state index contributed by atoms with van der Waals surface area (Å²) in [5, 5.41) is 6.16. The zero-order valence-corrected chi connectivity index (χ0v) is 12.9. The first kappa shape index (κ1) is 15.1. The molecule has 1 saturated heterocycles. The summed E-state index contributed by atoms with van der Waals surface area (Å²) in [6.07, 6.45) is 2.39. The van der Waals surface area contributed by atoms with Gasteiger partial charge in [-0.15, -0.1) is 0 Å². The van der Waals surface area contributed by atoms with Crippen molar-refractivity contribution in [1.82, 2.24) is 10.2 Å². The van der Waals surface area contributed by atoms with Crippen LogP contribution in [-0.2, 0) is 4.79 Å². The Balaban J connectivity index is 1.52. The number of ether oxygens (including phenoxy) is 2. The third-order valence-electron chi connectivity index (χ3n) is 4.12. The molecule has 1 atom stereocenters. The highest BCUT2D eigenvalue weighted by Crippen LogP contribution is 2.34. The molecule has 0 aromatic heterocycles. The Kier molecular flexibility index (Phi) is 4.80. The van der Waals surface area contributed by atoms with Crippen molar-refractivity contribution >= 4 is 11.6 Å². The van der Waals surface area contributed by atoms with E-state index in [1.165, 1.54) is 6.42 Å². The van der Waals surface area contributed by atoms with Crippen molar-refractivity contribution in [3.63, 3.8) is 0 Å². The molecule has 0 bridgehead atoms. The first-order valence-corrected chi connectivity index (χ1v) is 7.81. The maximum atomic E-state index is 12.2. The van der Waals surface area contributed by atoms with Crippen LogP contribution in [0.15, 0.2) is 18.2 Å². The summed E-state index contributed by atoms with van der Waals surface area (Å²) in [4.78, 5) is 14.4. The van der Waals surface area contributed by atoms with Gasteiger partial charge in [-0.3, -0.25) is 9.69 Å². The second-order valence-corrected chi connectivity index (χ2v) is 5.92. The van der Waals surface area contributed by atoms with E-state index in [9.17, 15) is 4.79 Å². The first-order chi connectivity index (χ1) is 10.7. The first-order valence-electron chi connectivity index (χ1n) is 7.81. The zero-order chi connectivity index (χ0) is 15.4. The summed E-state index contributed by atoms with van der Waals surface area (Å²) < 4.78 is 10.6. The van der Waals surface area contributed by atoms with Gasteiger partial charge in [-0.05, 0) is 51.0 Å². The number of piperidine rings is 1. The molecule has 1 aromatic rings. The number of fused-ring (bicyclic) bond motifs is 1. The molecule has 1 fully saturated rings. The van der Waals surface area contributed by atoms with Gasteiger partial charge >= 0.3 is 0 Å². The predicted octanol–water partition coefficient (Wildman–Crippen LogP) is 1.29. The van der Waals surface area contributed by atoms with E-state index in [2.05, 4.69) is 15.5 Å². The zero-order valence-electron chi connectivity index (χ0n) is 12.9. The lowest BCUT2D eigenvalue weighted by Gasteiger charge is -2.32. The van der Waals surface area contributed by atoms with E-state index in [1.807, 2.05) is 19.2 Å². The minimum atomic E-state index is 0.0176. The van der Waals surface area contributed by atoms with Gasteiger partial charge in [0.05, 0.1) is 6.54 Å². The Bertz CT molecular complexity index is 533. The van der Waals surface area contributed by atoms with Crippen LogP contribution in [-0.4, -0.2) is 50.8 Å². The van der Waals surface area contributed by atoms with Gasteiger partial charge in [-0.2, -0.15) is 0 Å². The Morgan fingerprint density at radius 1 is 1.36 bits per heavy atom. The predicted molar refractivity (Wildman–Crippen MR) is 84.3 cm³/mol. The van der Waals surface area contributed by atoms with Crippen molar-refractivity contribution in [3.05, 3.63) is 18.2 Å². The van der Waals surface area contributed by atoms with Crippen LogP contribution in [0.2, 0.25) is 0 Å². The van der Waals surface area contributed by atoms with Crippen LogP contribution in [0, 0.1) is 5.92 Å². The molecule has 22 heavy (non-hydrogen) atoms. The van der Waals surface area contributed by atoms with Crippen molar-refractivity contribution in [2.45, 2.75) is 12.8 Å². The standard InChI is InChI=1S/C16H23N3O3/c1-17-8-12-3-2-6-19(9-12)10-16(20)18-13-4-5-14-15(7-13)22-11-21-14/h4-5,7,12,17H,2-3,6,8-11H2,1H3,(H,18,20). The molecule has 3 rings (SSSR count). The highest BCUT2D eigenvalue weighted by molar-refractivity contribution is 5.92. The van der Waals surface area contributed by atoms with Crippen LogP contribution < -0.4 is 20.1 Å². The highest BCUT2D eigenvalue weighted by atomic mass is 16.7. The molecule has 120 valence electrons. The molecule has 1 unspecified atom stereocenters. The van der Waals surface area contributed by atoms with Crippen LogP contribution in [0.5, 0.6) is 11.5 Å². The highest BCUT2D eigenvalue weighted by Gasteiger charge is 2.21. The molecule has 2 aliphatic rings. The average Bonchev–Trinajstić information content (AvgIpc) is 2.95. The van der Waals surface area contributed by atoms with Gasteiger partial charge in [0.15, 0.2) is 11.5 Å². The number of carbonyl (C=O) groups is 1. The Hall–Kier alpha value is -1.79. The van der Waals surface area contributed by atoms with E-state index in [4.69, 9.17) is 9.47 Å². The number of amides is 1. The molecule has 0 spiro atoms. The maximum absolute atomic E-state index is 12.2. The van der Waals surface area contributed by atoms with E-state index in [-0.39, 0.29) is 12.7 Å². The van der Waals surface area contributed by atoms with E-state index >= 15 is 0 Å². The van der Waals surface area contributed by atoms with E-state index < -0.39 is 0 Å². The summed E-state index contributed by atoms with van der Waals surface area (Å²) in [5.41, 5.74) is 0.748. The summed E-state index contributed by atoms with van der Waals surface area (Å²) in [5.74, 6) is 2.06. The normalized spacial score (nSPS) is 20.9. The average molecular weight is 305 g/mol. The SMILES string of the molecule is CNCC1CCCN(CC(=O)Nc2ccc3c(c2)OCO3)C1. The number of nitrogens with one attached hydrogen (secondary N) is 2. The molecule has 2 N–H and O–H groups in total. The Labute approximate surface area is 130 Å². The molecule has 0 aliphatic carbocycles. The number of benzene rings is 1. The summed E-state index contributed by atoms with van der Waals surface area (Å²) >= 11 is 0. The lowest BCUT2D eigenvalue weighted by molar-refractivity contribution is -0.117. The third-order valence-corrected chi connectivity index (χ3v) is 4.12. The molecule has 0 saturated carbocycles. The molecular weight excluding hydrogens is 282 g/mol. The molecule has 0 radical (unpaired) electrons. The van der Waals surface area contributed by atoms with E-state index in [1.54, 1.807) is 6.07 Å². The van der Waals surface area contributed by atoms with Crippen LogP contribution >= 0.6 is 0 Å². The number of carbonyl (C=O) groups excluding carboxylic acids is 1. The molecule has 6 heteroatoms. The molecule has 6 nitrogen and oxygen atoms in total. The van der Waals surface area contributed by atoms with Gasteiger partial charge in [-0.25, -0.2) is 0 Å². The van der Waals surface area contributed by atoms with Crippen LogP contribution in [0.25, 0.3) is 0 Å². The molecular formula is C16H23N3O3. The van der Waals surface area contributed by atoms with Gasteiger partial charge in [0.2, 0.25) is 12.7 Å². The fraction of sp³-hybridized carbons (Fsp3) is 0.562. The quantitative estimate of drug-likeness (QED) is 0.858. The van der Waals surface area contributed by atoms with Crippen LogP contribution in [0.1, 0.15) is 12.8 Å². The maximum Gasteiger partial charge on any atom is 0.238 e. The Morgan fingerprint density at radius 3 is 3.09 bits per heavy atom. The summed E-state index contributed by atoms with van der Waals surface area (Å²) in [7, 11) is 1.98. The number of rotatable bonds is 5. The Morgan fingerprint density at radius 2 is 2.23 bits per heavy atom. The number of anilines is 1. The number of likely N-dealkylation sites (tertiary alicyclic amines) is 1. The van der Waals surface area contributed by atoms with Gasteiger partial charge in [0.25, 0.3) is 0 Å². The van der Waals surface area contributed by atoms with Crippen LogP contribution in [0.3, 0.4) is 0 Å². The fourth-order valence-electron chi connectivity index (χ4n) is 3.13. The topological polar surface area (TPSA) is 62.8 Å². The van der Waals surface area contributed by atoms with E-state index in [0.717, 1.165) is 37.5 Å². The van der Waals surface area contributed by atoms with Gasteiger partial charge < -0.3 is 20.1 Å². The van der Waals surface area contributed by atoms with Crippen molar-refractivity contribution in [2.24, 2.45) is 5.92 Å². The summed E-state index contributed by atoms with van der Waals surface area (Å²) in [6.45, 7) is 3.67. The lowest BCUT2D eigenvalue weighted by Crippen LogP contribution is -2.42. The largest absolute Gasteiger partial charge is 0.454 e. The van der Waals surface area contributed by atoms with E-state index in [0.29, 0.717) is 18.2 Å². The fourth-order valence-corrected chi connectivity index (χ4v) is 3.13. The second-order valence-electron chi connectivity index (χ2n) is 5.92. The smallest absolute Gasteiger partial charge is 0.238 e. The molecule has 2 heterocycles. The van der Waals surface area contributed by atoms with Crippen molar-refractivity contribution in [3.8, 4) is 11.5 Å². The second kappa shape index (κ2) is 6.98. The third kappa shape index (κ3) is 3.69. The monoisotopic (exact) mass is 305 g/mol. The van der Waals surface area contributed by atoms with Gasteiger partial charge in [0, 0.05) is 18.3 Å². The number of nitrogens with zero attached hydrogens (tertiary/aromatic N) is 1. The van der Waals surface area contributed by atoms with Crippen LogP contribution in [0.4, 0.5) is 5.69 Å². The minimum Gasteiger partial charge on any atom is -0.454 e. The summed E-state index contributed by atoms with van der Waals surface area (Å²) in [6, 6.07) is 5.47. The van der Waals surface area contributed by atoms with Crippen molar-refractivity contribution in [2.75, 3.05) is 45.3 Å². The lowest BCUT2D eigenvalue weighted by atomic mass is 9.98. The van der Waals surface area contributed by atoms with Gasteiger partial charge in [-0.1, -0.05) is 0 Å². The molecule has 1 amide bonds. The van der Waals surface area contributed by atoms with Gasteiger partial charge in [0.1, 0.15) is 0 Å². The minimum absolute atomic E-state index is 0.0176. The molecule has 1 aromatic carbocycles.